The molecule has 0 aliphatic heterocycles. The topological polar surface area (TPSA) is 143 Å². The standard InChI is InChI=1S/C27H39N5O5S/c1-3-20(24(33)26-30-21-15-9-10-16-23(21)37-26)29-25(34)22(17-18-11-5-4-6-12-18)31-27(32-38(2,35)36)28-19-13-7-8-14-19/h9-10,15-16,18-20,22H,3-8,11-14,17H2,1-2H3,(H,29,34)(H2,28,31,32)/t20?,22-/m0/s1. The number of fused-ring (bicyclic) bond motifs is 1. The SMILES string of the molecule is CCC(NC(=O)[C@H](CC1CCCCC1)N/C(=N/S(C)(=O)=O)NC1CCCC1)C(=O)c1nc2ccccc2o1. The molecule has 2 saturated carbocycles. The molecule has 0 spiro atoms. The number of ketones is 1. The zero-order valence-corrected chi connectivity index (χ0v) is 23.1. The lowest BCUT2D eigenvalue weighted by Crippen LogP contribution is -2.55. The van der Waals surface area contributed by atoms with Gasteiger partial charge in [-0.15, -0.1) is 4.40 Å². The number of benzene rings is 1. The van der Waals surface area contributed by atoms with Gasteiger partial charge in [0.25, 0.3) is 15.9 Å². The third-order valence-electron chi connectivity index (χ3n) is 7.42. The van der Waals surface area contributed by atoms with E-state index in [1.54, 1.807) is 18.2 Å². The van der Waals surface area contributed by atoms with Gasteiger partial charge in [0.1, 0.15) is 11.6 Å². The van der Waals surface area contributed by atoms with Crippen molar-refractivity contribution < 1.29 is 22.4 Å². The summed E-state index contributed by atoms with van der Waals surface area (Å²) in [4.78, 5) is 31.1. The number of carbonyl (C=O) groups is 2. The molecule has 1 aromatic heterocycles. The fourth-order valence-corrected chi connectivity index (χ4v) is 5.87. The largest absolute Gasteiger partial charge is 0.434 e. The molecule has 38 heavy (non-hydrogen) atoms. The predicted molar refractivity (Wildman–Crippen MR) is 146 cm³/mol. The van der Waals surface area contributed by atoms with Gasteiger partial charge in [-0.2, -0.15) is 0 Å². The molecule has 1 amide bonds. The summed E-state index contributed by atoms with van der Waals surface area (Å²) < 4.78 is 33.7. The maximum absolute atomic E-state index is 13.6. The first-order chi connectivity index (χ1) is 18.2. The summed E-state index contributed by atoms with van der Waals surface area (Å²) in [5.74, 6) is -0.402. The predicted octanol–water partition coefficient (Wildman–Crippen LogP) is 3.68. The Morgan fingerprint density at radius 3 is 2.37 bits per heavy atom. The Labute approximate surface area is 224 Å². The molecule has 1 heterocycles. The highest BCUT2D eigenvalue weighted by atomic mass is 32.2. The lowest BCUT2D eigenvalue weighted by molar-refractivity contribution is -0.123. The molecule has 2 aliphatic rings. The van der Waals surface area contributed by atoms with Crippen LogP contribution < -0.4 is 16.0 Å². The van der Waals surface area contributed by atoms with E-state index in [-0.39, 0.29) is 23.8 Å². The van der Waals surface area contributed by atoms with E-state index in [0.29, 0.717) is 29.9 Å². The molecule has 1 unspecified atom stereocenters. The van der Waals surface area contributed by atoms with Gasteiger partial charge in [0.15, 0.2) is 5.58 Å². The fraction of sp³-hybridized carbons (Fsp3) is 0.630. The van der Waals surface area contributed by atoms with Crippen LogP contribution in [-0.2, 0) is 14.8 Å². The smallest absolute Gasteiger partial charge is 0.266 e. The monoisotopic (exact) mass is 545 g/mol. The Balaban J connectivity index is 1.53. The number of guanidine groups is 1. The molecule has 2 fully saturated rings. The first-order valence-electron chi connectivity index (χ1n) is 13.7. The van der Waals surface area contributed by atoms with Crippen molar-refractivity contribution >= 4 is 38.8 Å². The van der Waals surface area contributed by atoms with Gasteiger partial charge in [-0.3, -0.25) is 9.59 Å². The number of para-hydroxylation sites is 2. The lowest BCUT2D eigenvalue weighted by atomic mass is 9.84. The molecule has 10 nitrogen and oxygen atoms in total. The summed E-state index contributed by atoms with van der Waals surface area (Å²) in [5, 5.41) is 9.20. The van der Waals surface area contributed by atoms with Crippen LogP contribution in [0.3, 0.4) is 0 Å². The Bertz CT molecular complexity index is 1210. The summed E-state index contributed by atoms with van der Waals surface area (Å²) in [6.45, 7) is 1.81. The van der Waals surface area contributed by atoms with Gasteiger partial charge in [0.05, 0.1) is 12.3 Å². The summed E-state index contributed by atoms with van der Waals surface area (Å²) in [5.41, 5.74) is 1.09. The third-order valence-corrected chi connectivity index (χ3v) is 7.93. The number of oxazole rings is 1. The quantitative estimate of drug-likeness (QED) is 0.233. The van der Waals surface area contributed by atoms with Crippen molar-refractivity contribution in [3.05, 3.63) is 30.2 Å². The van der Waals surface area contributed by atoms with Crippen LogP contribution in [-0.4, -0.2) is 55.4 Å². The minimum Gasteiger partial charge on any atom is -0.434 e. The van der Waals surface area contributed by atoms with E-state index in [2.05, 4.69) is 25.3 Å². The number of nitrogens with one attached hydrogen (secondary N) is 3. The van der Waals surface area contributed by atoms with Gasteiger partial charge < -0.3 is 20.4 Å². The van der Waals surface area contributed by atoms with Crippen LogP contribution in [0.15, 0.2) is 33.1 Å². The van der Waals surface area contributed by atoms with E-state index in [0.717, 1.165) is 57.6 Å². The Morgan fingerprint density at radius 2 is 1.71 bits per heavy atom. The summed E-state index contributed by atoms with van der Waals surface area (Å²) in [7, 11) is -3.70. The van der Waals surface area contributed by atoms with E-state index in [1.165, 1.54) is 6.42 Å². The minimum absolute atomic E-state index is 0.0441. The second-order valence-electron chi connectivity index (χ2n) is 10.6. The summed E-state index contributed by atoms with van der Waals surface area (Å²) in [6.07, 6.45) is 11.3. The number of nitrogens with zero attached hydrogens (tertiary/aromatic N) is 2. The summed E-state index contributed by atoms with van der Waals surface area (Å²) >= 11 is 0. The average Bonchev–Trinajstić information content (AvgIpc) is 3.56. The van der Waals surface area contributed by atoms with E-state index in [9.17, 15) is 18.0 Å². The molecule has 0 radical (unpaired) electrons. The van der Waals surface area contributed by atoms with Crippen molar-refractivity contribution in [2.75, 3.05) is 6.26 Å². The number of aromatic nitrogens is 1. The molecule has 0 saturated heterocycles. The van der Waals surface area contributed by atoms with E-state index in [1.807, 2.05) is 13.0 Å². The Morgan fingerprint density at radius 1 is 1.03 bits per heavy atom. The molecular weight excluding hydrogens is 506 g/mol. The van der Waals surface area contributed by atoms with Crippen molar-refractivity contribution in [1.29, 1.82) is 0 Å². The highest BCUT2D eigenvalue weighted by Gasteiger charge is 2.31. The molecule has 2 atom stereocenters. The van der Waals surface area contributed by atoms with Crippen LogP contribution in [0, 0.1) is 5.92 Å². The average molecular weight is 546 g/mol. The maximum Gasteiger partial charge on any atom is 0.266 e. The first-order valence-corrected chi connectivity index (χ1v) is 15.6. The van der Waals surface area contributed by atoms with E-state index >= 15 is 0 Å². The molecule has 0 bridgehead atoms. The lowest BCUT2D eigenvalue weighted by Gasteiger charge is -2.29. The van der Waals surface area contributed by atoms with Crippen LogP contribution >= 0.6 is 0 Å². The van der Waals surface area contributed by atoms with E-state index < -0.39 is 27.9 Å². The van der Waals surface area contributed by atoms with E-state index in [4.69, 9.17) is 4.42 Å². The summed E-state index contributed by atoms with van der Waals surface area (Å²) in [6, 6.07) is 5.64. The molecule has 3 N–H and O–H groups in total. The third kappa shape index (κ3) is 7.78. The van der Waals surface area contributed by atoms with Gasteiger partial charge in [0.2, 0.25) is 17.6 Å². The van der Waals surface area contributed by atoms with Gasteiger partial charge in [-0.05, 0) is 43.7 Å². The Kier molecular flexibility index (Phi) is 9.40. The second-order valence-corrected chi connectivity index (χ2v) is 12.2. The zero-order chi connectivity index (χ0) is 27.1. The van der Waals surface area contributed by atoms with Crippen molar-refractivity contribution in [2.45, 2.75) is 95.7 Å². The fourth-order valence-electron chi connectivity index (χ4n) is 5.43. The molecule has 4 rings (SSSR count). The number of rotatable bonds is 10. The number of hydrogen-bond donors (Lipinski definition) is 3. The molecule has 2 aromatic rings. The Hall–Kier alpha value is -2.95. The number of hydrogen-bond acceptors (Lipinski definition) is 6. The van der Waals surface area contributed by atoms with Gasteiger partial charge in [-0.1, -0.05) is 64.0 Å². The highest BCUT2D eigenvalue weighted by Crippen LogP contribution is 2.28. The van der Waals surface area contributed by atoms with Gasteiger partial charge >= 0.3 is 0 Å². The molecule has 2 aliphatic carbocycles. The number of Topliss-reactive ketones (excluding diaryl/α,β-unsaturated/α-hetero) is 1. The molecule has 11 heteroatoms. The van der Waals surface area contributed by atoms with Crippen LogP contribution in [0.4, 0.5) is 0 Å². The minimum atomic E-state index is -3.70. The van der Waals surface area contributed by atoms with Crippen molar-refractivity contribution in [3.8, 4) is 0 Å². The van der Waals surface area contributed by atoms with Crippen LogP contribution in [0.2, 0.25) is 0 Å². The molecule has 1 aromatic carbocycles. The van der Waals surface area contributed by atoms with Gasteiger partial charge in [0, 0.05) is 6.04 Å². The number of carbonyl (C=O) groups excluding carboxylic acids is 2. The normalized spacial score (nSPS) is 19.3. The molecule has 208 valence electrons. The highest BCUT2D eigenvalue weighted by molar-refractivity contribution is 7.89. The number of amides is 1. The molecular formula is C27H39N5O5S. The van der Waals surface area contributed by atoms with Crippen LogP contribution in [0.1, 0.15) is 88.2 Å². The number of sulfonamides is 1. The van der Waals surface area contributed by atoms with Crippen molar-refractivity contribution in [2.24, 2.45) is 10.3 Å². The second kappa shape index (κ2) is 12.7. The van der Waals surface area contributed by atoms with Crippen molar-refractivity contribution in [1.82, 2.24) is 20.9 Å². The first kappa shape index (κ1) is 28.1. The zero-order valence-electron chi connectivity index (χ0n) is 22.2. The van der Waals surface area contributed by atoms with Crippen molar-refractivity contribution in [3.63, 3.8) is 0 Å². The van der Waals surface area contributed by atoms with Crippen LogP contribution in [0.25, 0.3) is 11.1 Å². The maximum atomic E-state index is 13.6. The van der Waals surface area contributed by atoms with Crippen LogP contribution in [0.5, 0.6) is 0 Å². The van der Waals surface area contributed by atoms with Gasteiger partial charge in [-0.25, -0.2) is 13.4 Å².